The molecule has 3 aromatic rings. The molecule has 1 unspecified atom stereocenters. The number of methoxy groups -OCH3 is 1. The van der Waals surface area contributed by atoms with E-state index >= 15 is 0 Å². The molecular formula is C35H40N2O7. The standard InChI is InChI=1S/C35H40N2O7/c1-4-43-29-14-11-26(22-30(29)41-3)32-31(34(39)35(40)37(32)16-8-15-36-17-19-42-20-18-36)33(38)28-13-12-27(21-24(28)2)44-23-25-9-6-5-7-10-25/h5-7,9-14,21-22,32,38H,4,8,15-20,23H2,1-3H3/b33-31+. The molecule has 0 radical (unpaired) electrons. The number of hydrogen-bond acceptors (Lipinski definition) is 8. The fraction of sp³-hybridized carbons (Fsp3) is 0.371. The molecule has 0 saturated carbocycles. The molecule has 2 aliphatic heterocycles. The summed E-state index contributed by atoms with van der Waals surface area (Å²) in [6, 6.07) is 19.7. The van der Waals surface area contributed by atoms with Crippen LogP contribution in [0.1, 0.15) is 41.6 Å². The number of carbonyl (C=O) groups excluding carboxylic acids is 2. The molecule has 1 N–H and O–H groups in total. The number of ketones is 1. The van der Waals surface area contributed by atoms with Gasteiger partial charge >= 0.3 is 0 Å². The Morgan fingerprint density at radius 2 is 1.73 bits per heavy atom. The number of carbonyl (C=O) groups is 2. The van der Waals surface area contributed by atoms with Gasteiger partial charge in [0, 0.05) is 31.7 Å². The monoisotopic (exact) mass is 600 g/mol. The Morgan fingerprint density at radius 3 is 2.43 bits per heavy atom. The van der Waals surface area contributed by atoms with E-state index in [2.05, 4.69) is 4.90 Å². The van der Waals surface area contributed by atoms with Gasteiger partial charge in [0.15, 0.2) is 11.5 Å². The lowest BCUT2D eigenvalue weighted by Gasteiger charge is -2.29. The second kappa shape index (κ2) is 14.4. The van der Waals surface area contributed by atoms with Gasteiger partial charge in [0.05, 0.1) is 38.5 Å². The summed E-state index contributed by atoms with van der Waals surface area (Å²) in [5.74, 6) is 0.120. The van der Waals surface area contributed by atoms with Crippen molar-refractivity contribution in [3.63, 3.8) is 0 Å². The minimum Gasteiger partial charge on any atom is -0.507 e. The van der Waals surface area contributed by atoms with Crippen molar-refractivity contribution < 1.29 is 33.6 Å². The molecule has 232 valence electrons. The van der Waals surface area contributed by atoms with Gasteiger partial charge in [-0.15, -0.1) is 0 Å². The first-order valence-corrected chi connectivity index (χ1v) is 15.1. The highest BCUT2D eigenvalue weighted by molar-refractivity contribution is 6.46. The smallest absolute Gasteiger partial charge is 0.295 e. The molecule has 44 heavy (non-hydrogen) atoms. The van der Waals surface area contributed by atoms with E-state index in [0.717, 1.165) is 30.8 Å². The van der Waals surface area contributed by atoms with E-state index in [1.165, 1.54) is 0 Å². The zero-order chi connectivity index (χ0) is 31.1. The molecule has 5 rings (SSSR count). The van der Waals surface area contributed by atoms with Gasteiger partial charge in [-0.2, -0.15) is 0 Å². The number of amides is 1. The van der Waals surface area contributed by atoms with Crippen LogP contribution >= 0.6 is 0 Å². The number of Topliss-reactive ketones (excluding diaryl/α,β-unsaturated/α-hetero) is 1. The van der Waals surface area contributed by atoms with Crippen molar-refractivity contribution in [3.8, 4) is 17.2 Å². The van der Waals surface area contributed by atoms with Crippen LogP contribution in [0.3, 0.4) is 0 Å². The van der Waals surface area contributed by atoms with Gasteiger partial charge in [0.2, 0.25) is 0 Å². The third-order valence-corrected chi connectivity index (χ3v) is 8.02. The molecule has 0 aromatic heterocycles. The summed E-state index contributed by atoms with van der Waals surface area (Å²) in [7, 11) is 1.55. The molecule has 0 spiro atoms. The molecule has 1 atom stereocenters. The first-order valence-electron chi connectivity index (χ1n) is 15.1. The number of nitrogens with zero attached hydrogens (tertiary/aromatic N) is 2. The lowest BCUT2D eigenvalue weighted by Crippen LogP contribution is -2.39. The SMILES string of the molecule is CCOc1ccc(C2/C(=C(\O)c3ccc(OCc4ccccc4)cc3C)C(=O)C(=O)N2CCCN2CCOCC2)cc1OC. The van der Waals surface area contributed by atoms with Crippen molar-refractivity contribution in [3.05, 3.63) is 94.6 Å². The van der Waals surface area contributed by atoms with Crippen molar-refractivity contribution in [2.24, 2.45) is 0 Å². The average Bonchev–Trinajstić information content (AvgIpc) is 3.30. The number of likely N-dealkylation sites (tertiary alicyclic amines) is 1. The largest absolute Gasteiger partial charge is 0.507 e. The number of benzene rings is 3. The maximum absolute atomic E-state index is 13.6. The molecule has 2 saturated heterocycles. The van der Waals surface area contributed by atoms with Gasteiger partial charge in [-0.05, 0) is 67.3 Å². The molecule has 9 nitrogen and oxygen atoms in total. The molecule has 2 aliphatic rings. The molecule has 3 aromatic carbocycles. The summed E-state index contributed by atoms with van der Waals surface area (Å²) in [5, 5.41) is 11.7. The number of aliphatic hydroxyl groups is 1. The predicted octanol–water partition coefficient (Wildman–Crippen LogP) is 5.13. The number of ether oxygens (including phenoxy) is 4. The number of aliphatic hydroxyl groups excluding tert-OH is 1. The van der Waals surface area contributed by atoms with Crippen LogP contribution in [0.15, 0.2) is 72.3 Å². The summed E-state index contributed by atoms with van der Waals surface area (Å²) in [5.41, 5.74) is 2.92. The Balaban J connectivity index is 1.47. The van der Waals surface area contributed by atoms with Gasteiger partial charge in [-0.1, -0.05) is 36.4 Å². The quantitative estimate of drug-likeness (QED) is 0.174. The highest BCUT2D eigenvalue weighted by Crippen LogP contribution is 2.42. The van der Waals surface area contributed by atoms with E-state index in [1.54, 1.807) is 36.3 Å². The highest BCUT2D eigenvalue weighted by Gasteiger charge is 2.46. The van der Waals surface area contributed by atoms with Crippen LogP contribution in [0.25, 0.3) is 5.76 Å². The predicted molar refractivity (Wildman–Crippen MR) is 167 cm³/mol. The Hall–Kier alpha value is -4.34. The van der Waals surface area contributed by atoms with Crippen molar-refractivity contribution in [1.82, 2.24) is 9.80 Å². The van der Waals surface area contributed by atoms with Gasteiger partial charge in [-0.25, -0.2) is 0 Å². The highest BCUT2D eigenvalue weighted by atomic mass is 16.5. The van der Waals surface area contributed by atoms with Gasteiger partial charge in [0.25, 0.3) is 11.7 Å². The normalized spacial score (nSPS) is 18.4. The fourth-order valence-corrected chi connectivity index (χ4v) is 5.75. The molecule has 1 amide bonds. The van der Waals surface area contributed by atoms with Crippen LogP contribution < -0.4 is 14.2 Å². The van der Waals surface area contributed by atoms with Gasteiger partial charge in [0.1, 0.15) is 18.1 Å². The first kappa shape index (κ1) is 31.1. The fourth-order valence-electron chi connectivity index (χ4n) is 5.75. The van der Waals surface area contributed by atoms with Crippen LogP contribution in [0.4, 0.5) is 0 Å². The van der Waals surface area contributed by atoms with Gasteiger partial charge < -0.3 is 29.0 Å². The molecule has 2 fully saturated rings. The minimum atomic E-state index is -0.794. The number of aryl methyl sites for hydroxylation is 1. The van der Waals surface area contributed by atoms with Crippen LogP contribution in [0, 0.1) is 6.92 Å². The second-order valence-corrected chi connectivity index (χ2v) is 10.9. The van der Waals surface area contributed by atoms with Crippen molar-refractivity contribution in [2.45, 2.75) is 32.9 Å². The first-order chi connectivity index (χ1) is 21.4. The Bertz CT molecular complexity index is 1500. The zero-order valence-electron chi connectivity index (χ0n) is 25.6. The van der Waals surface area contributed by atoms with Crippen LogP contribution in [0.2, 0.25) is 0 Å². The van der Waals surface area contributed by atoms with Crippen LogP contribution in [-0.4, -0.2) is 79.7 Å². The van der Waals surface area contributed by atoms with E-state index < -0.39 is 17.7 Å². The van der Waals surface area contributed by atoms with E-state index in [0.29, 0.717) is 67.8 Å². The van der Waals surface area contributed by atoms with Crippen molar-refractivity contribution >= 4 is 17.4 Å². The minimum absolute atomic E-state index is 0.0497. The summed E-state index contributed by atoms with van der Waals surface area (Å²) in [4.78, 5) is 31.0. The third-order valence-electron chi connectivity index (χ3n) is 8.02. The van der Waals surface area contributed by atoms with Crippen molar-refractivity contribution in [1.29, 1.82) is 0 Å². The average molecular weight is 601 g/mol. The maximum Gasteiger partial charge on any atom is 0.295 e. The Morgan fingerprint density at radius 1 is 0.955 bits per heavy atom. The lowest BCUT2D eigenvalue weighted by atomic mass is 9.93. The van der Waals surface area contributed by atoms with E-state index in [-0.39, 0.29) is 11.3 Å². The Kier molecular flexibility index (Phi) is 10.2. The third kappa shape index (κ3) is 6.90. The summed E-state index contributed by atoms with van der Waals surface area (Å²) < 4.78 is 22.7. The Labute approximate surface area is 258 Å². The second-order valence-electron chi connectivity index (χ2n) is 10.9. The van der Waals surface area contributed by atoms with Crippen molar-refractivity contribution in [2.75, 3.05) is 53.1 Å². The summed E-state index contributed by atoms with van der Waals surface area (Å²) in [6.45, 7) is 8.76. The summed E-state index contributed by atoms with van der Waals surface area (Å²) >= 11 is 0. The molecular weight excluding hydrogens is 560 g/mol. The lowest BCUT2D eigenvalue weighted by molar-refractivity contribution is -0.140. The maximum atomic E-state index is 13.6. The van der Waals surface area contributed by atoms with Crippen LogP contribution in [0.5, 0.6) is 17.2 Å². The molecule has 0 aliphatic carbocycles. The van der Waals surface area contributed by atoms with E-state index in [1.807, 2.05) is 56.3 Å². The van der Waals surface area contributed by atoms with Gasteiger partial charge in [-0.3, -0.25) is 14.5 Å². The van der Waals surface area contributed by atoms with E-state index in [9.17, 15) is 14.7 Å². The molecule has 0 bridgehead atoms. The topological polar surface area (TPSA) is 97.8 Å². The molecule has 9 heteroatoms. The van der Waals surface area contributed by atoms with Crippen LogP contribution in [-0.2, 0) is 20.9 Å². The zero-order valence-corrected chi connectivity index (χ0v) is 25.6. The molecule has 2 heterocycles. The van der Waals surface area contributed by atoms with E-state index in [4.69, 9.17) is 18.9 Å². The summed E-state index contributed by atoms with van der Waals surface area (Å²) in [6.07, 6.45) is 0.671. The number of rotatable bonds is 12. The number of morpholine rings is 1. The number of hydrogen-bond donors (Lipinski definition) is 1.